The van der Waals surface area contributed by atoms with Crippen molar-refractivity contribution in [3.8, 4) is 0 Å². The molecule has 0 heterocycles. The maximum Gasteiger partial charge on any atom is 0.171 e. The van der Waals surface area contributed by atoms with Gasteiger partial charge in [0, 0.05) is 11.1 Å². The number of rotatable bonds is 2. The van der Waals surface area contributed by atoms with Gasteiger partial charge in [0.1, 0.15) is 0 Å². The summed E-state index contributed by atoms with van der Waals surface area (Å²) in [4.78, 5) is 0. The van der Waals surface area contributed by atoms with Crippen molar-refractivity contribution in [1.82, 2.24) is 5.32 Å². The van der Waals surface area contributed by atoms with E-state index in [1.165, 1.54) is 11.1 Å². The van der Waals surface area contributed by atoms with E-state index in [9.17, 15) is 0 Å². The summed E-state index contributed by atoms with van der Waals surface area (Å²) < 4.78 is 0. The number of hydrogen-bond acceptors (Lipinski definition) is 1. The number of halogens is 2. The fourth-order valence-corrected chi connectivity index (χ4v) is 3.33. The predicted octanol–water partition coefficient (Wildman–Crippen LogP) is 4.45. The summed E-state index contributed by atoms with van der Waals surface area (Å²) in [5.74, 6) is 0. The van der Waals surface area contributed by atoms with Crippen LogP contribution >= 0.6 is 35.4 Å². The Hall–Kier alpha value is -1.29. The molecule has 2 aromatic carbocycles. The zero-order chi connectivity index (χ0) is 14.8. The molecule has 0 saturated heterocycles. The summed E-state index contributed by atoms with van der Waals surface area (Å²) in [5, 5.41) is 8.21. The molecule has 108 valence electrons. The van der Waals surface area contributed by atoms with Gasteiger partial charge < -0.3 is 10.6 Å². The van der Waals surface area contributed by atoms with Gasteiger partial charge in [-0.05, 0) is 54.4 Å². The maximum atomic E-state index is 6.13. The molecule has 0 aliphatic heterocycles. The first-order valence-corrected chi connectivity index (χ1v) is 7.87. The Bertz CT molecular complexity index is 663. The number of benzene rings is 2. The van der Waals surface area contributed by atoms with Crippen LogP contribution in [0.25, 0.3) is 0 Å². The highest BCUT2D eigenvalue weighted by Gasteiger charge is 2.21. The van der Waals surface area contributed by atoms with E-state index in [-0.39, 0.29) is 0 Å². The SMILES string of the molecule is S=C(Nc1ccc(Cl)cc1Cl)NC1Cc2ccccc2C1. The van der Waals surface area contributed by atoms with Gasteiger partial charge in [-0.1, -0.05) is 47.5 Å². The van der Waals surface area contributed by atoms with E-state index in [0.29, 0.717) is 21.2 Å². The molecule has 0 saturated carbocycles. The number of thiocarbonyl (C=S) groups is 1. The van der Waals surface area contributed by atoms with Crippen LogP contribution in [0.3, 0.4) is 0 Å². The van der Waals surface area contributed by atoms with Crippen LogP contribution in [0.5, 0.6) is 0 Å². The molecule has 0 aromatic heterocycles. The Morgan fingerprint density at radius 3 is 2.33 bits per heavy atom. The zero-order valence-corrected chi connectivity index (χ0v) is 13.5. The zero-order valence-electron chi connectivity index (χ0n) is 11.2. The van der Waals surface area contributed by atoms with Crippen molar-refractivity contribution < 1.29 is 0 Å². The molecular formula is C16H14Cl2N2S. The first-order valence-electron chi connectivity index (χ1n) is 6.71. The molecule has 5 heteroatoms. The molecule has 0 radical (unpaired) electrons. The van der Waals surface area contributed by atoms with E-state index in [0.717, 1.165) is 18.5 Å². The molecule has 0 spiro atoms. The lowest BCUT2D eigenvalue weighted by molar-refractivity contribution is 0.648. The second-order valence-electron chi connectivity index (χ2n) is 5.10. The van der Waals surface area contributed by atoms with Crippen LogP contribution in [0.1, 0.15) is 11.1 Å². The molecule has 1 aliphatic rings. The maximum absolute atomic E-state index is 6.13. The Labute approximate surface area is 139 Å². The lowest BCUT2D eigenvalue weighted by Gasteiger charge is -2.16. The van der Waals surface area contributed by atoms with Crippen molar-refractivity contribution in [2.75, 3.05) is 5.32 Å². The van der Waals surface area contributed by atoms with E-state index in [2.05, 4.69) is 34.9 Å². The normalized spacial score (nSPS) is 13.8. The smallest absolute Gasteiger partial charge is 0.171 e. The van der Waals surface area contributed by atoms with Crippen LogP contribution in [-0.2, 0) is 12.8 Å². The van der Waals surface area contributed by atoms with Crippen molar-refractivity contribution in [3.05, 3.63) is 63.6 Å². The predicted molar refractivity (Wildman–Crippen MR) is 93.5 cm³/mol. The first kappa shape index (κ1) is 14.6. The first-order chi connectivity index (χ1) is 10.1. The molecule has 0 atom stereocenters. The molecular weight excluding hydrogens is 323 g/mol. The van der Waals surface area contributed by atoms with Crippen molar-refractivity contribution in [2.24, 2.45) is 0 Å². The number of fused-ring (bicyclic) bond motifs is 1. The van der Waals surface area contributed by atoms with E-state index in [1.807, 2.05) is 6.07 Å². The average Bonchev–Trinajstić information content (AvgIpc) is 2.84. The second-order valence-corrected chi connectivity index (χ2v) is 6.35. The van der Waals surface area contributed by atoms with Crippen molar-refractivity contribution in [2.45, 2.75) is 18.9 Å². The summed E-state index contributed by atoms with van der Waals surface area (Å²) in [6, 6.07) is 14.1. The molecule has 21 heavy (non-hydrogen) atoms. The lowest BCUT2D eigenvalue weighted by Crippen LogP contribution is -2.38. The molecule has 0 fully saturated rings. The van der Waals surface area contributed by atoms with E-state index in [1.54, 1.807) is 12.1 Å². The minimum Gasteiger partial charge on any atom is -0.359 e. The standard InChI is InChI=1S/C16H14Cl2N2S/c17-12-5-6-15(14(18)9-12)20-16(21)19-13-7-10-3-1-2-4-11(10)8-13/h1-6,9,13H,7-8H2,(H2,19,20,21). The highest BCUT2D eigenvalue weighted by Crippen LogP contribution is 2.26. The van der Waals surface area contributed by atoms with Crippen molar-refractivity contribution >= 4 is 46.2 Å². The summed E-state index contributed by atoms with van der Waals surface area (Å²) in [7, 11) is 0. The highest BCUT2D eigenvalue weighted by atomic mass is 35.5. The molecule has 2 N–H and O–H groups in total. The molecule has 3 rings (SSSR count). The lowest BCUT2D eigenvalue weighted by atomic mass is 10.1. The van der Waals surface area contributed by atoms with Crippen LogP contribution in [0, 0.1) is 0 Å². The van der Waals surface area contributed by atoms with Crippen LogP contribution in [0.4, 0.5) is 5.69 Å². The van der Waals surface area contributed by atoms with Gasteiger partial charge in [-0.2, -0.15) is 0 Å². The van der Waals surface area contributed by atoms with E-state index >= 15 is 0 Å². The van der Waals surface area contributed by atoms with Crippen molar-refractivity contribution in [3.63, 3.8) is 0 Å². The van der Waals surface area contributed by atoms with Gasteiger partial charge in [0.15, 0.2) is 5.11 Å². The van der Waals surface area contributed by atoms with E-state index < -0.39 is 0 Å². The third-order valence-corrected chi connectivity index (χ3v) is 4.33. The summed E-state index contributed by atoms with van der Waals surface area (Å²) in [6.45, 7) is 0. The van der Waals surface area contributed by atoms with Gasteiger partial charge in [0.05, 0.1) is 10.7 Å². The van der Waals surface area contributed by atoms with Crippen LogP contribution in [0.15, 0.2) is 42.5 Å². The number of nitrogens with one attached hydrogen (secondary N) is 2. The molecule has 2 aromatic rings. The minimum absolute atomic E-state index is 0.327. The third-order valence-electron chi connectivity index (χ3n) is 3.57. The van der Waals surface area contributed by atoms with Crippen LogP contribution in [-0.4, -0.2) is 11.2 Å². The van der Waals surface area contributed by atoms with Gasteiger partial charge in [-0.25, -0.2) is 0 Å². The van der Waals surface area contributed by atoms with Gasteiger partial charge in [0.25, 0.3) is 0 Å². The highest BCUT2D eigenvalue weighted by molar-refractivity contribution is 7.80. The summed E-state index contributed by atoms with van der Waals surface area (Å²) in [5.41, 5.74) is 3.54. The van der Waals surface area contributed by atoms with Gasteiger partial charge in [0.2, 0.25) is 0 Å². The van der Waals surface area contributed by atoms with Gasteiger partial charge in [-0.3, -0.25) is 0 Å². The van der Waals surface area contributed by atoms with Gasteiger partial charge >= 0.3 is 0 Å². The minimum atomic E-state index is 0.327. The fraction of sp³-hybridized carbons (Fsp3) is 0.188. The molecule has 0 bridgehead atoms. The Kier molecular flexibility index (Phi) is 4.34. The largest absolute Gasteiger partial charge is 0.359 e. The van der Waals surface area contributed by atoms with Crippen LogP contribution in [0.2, 0.25) is 10.0 Å². The van der Waals surface area contributed by atoms with Gasteiger partial charge in [-0.15, -0.1) is 0 Å². The monoisotopic (exact) mass is 336 g/mol. The third kappa shape index (κ3) is 3.49. The topological polar surface area (TPSA) is 24.1 Å². The number of anilines is 1. The van der Waals surface area contributed by atoms with Crippen molar-refractivity contribution in [1.29, 1.82) is 0 Å². The Morgan fingerprint density at radius 1 is 1.05 bits per heavy atom. The van der Waals surface area contributed by atoms with Crippen LogP contribution < -0.4 is 10.6 Å². The molecule has 0 amide bonds. The quantitative estimate of drug-likeness (QED) is 0.792. The number of hydrogen-bond donors (Lipinski definition) is 2. The summed E-state index contributed by atoms with van der Waals surface area (Å²) >= 11 is 17.4. The summed E-state index contributed by atoms with van der Waals surface area (Å²) in [6.07, 6.45) is 1.98. The molecule has 2 nitrogen and oxygen atoms in total. The Morgan fingerprint density at radius 2 is 1.71 bits per heavy atom. The average molecular weight is 337 g/mol. The second kappa shape index (κ2) is 6.22. The Balaban J connectivity index is 1.61. The fourth-order valence-electron chi connectivity index (χ4n) is 2.60. The molecule has 0 unspecified atom stereocenters. The van der Waals surface area contributed by atoms with E-state index in [4.69, 9.17) is 35.4 Å². The molecule has 1 aliphatic carbocycles.